The molecule has 1 aromatic carbocycles. The monoisotopic (exact) mass is 262 g/mol. The van der Waals surface area contributed by atoms with Gasteiger partial charge in [-0.25, -0.2) is 0 Å². The summed E-state index contributed by atoms with van der Waals surface area (Å²) in [5, 5.41) is 5.23. The van der Waals surface area contributed by atoms with Crippen molar-refractivity contribution in [3.05, 3.63) is 35.4 Å². The van der Waals surface area contributed by atoms with E-state index in [0.29, 0.717) is 5.25 Å². The number of thioether (sulfide) groups is 1. The summed E-state index contributed by atoms with van der Waals surface area (Å²) in [6, 6.07) is 8.62. The van der Waals surface area contributed by atoms with E-state index in [2.05, 4.69) is 55.3 Å². The lowest BCUT2D eigenvalue weighted by Gasteiger charge is -2.11. The zero-order valence-corrected chi connectivity index (χ0v) is 12.3. The molecular formula is C15H22N2S. The van der Waals surface area contributed by atoms with Crippen molar-refractivity contribution in [2.75, 3.05) is 6.54 Å². The summed E-state index contributed by atoms with van der Waals surface area (Å²) in [4.78, 5) is 4.58. The van der Waals surface area contributed by atoms with Gasteiger partial charge < -0.3 is 5.32 Å². The van der Waals surface area contributed by atoms with Crippen LogP contribution >= 0.6 is 11.8 Å². The van der Waals surface area contributed by atoms with Gasteiger partial charge in [-0.1, -0.05) is 55.4 Å². The number of hydrogen-bond donors (Lipinski definition) is 1. The predicted molar refractivity (Wildman–Crippen MR) is 81.2 cm³/mol. The molecule has 0 saturated carbocycles. The molecule has 1 atom stereocenters. The number of aryl methyl sites for hydroxylation is 1. The van der Waals surface area contributed by atoms with E-state index >= 15 is 0 Å². The fraction of sp³-hybridized carbons (Fsp3) is 0.533. The van der Waals surface area contributed by atoms with Crippen molar-refractivity contribution in [3.63, 3.8) is 0 Å². The average Bonchev–Trinajstić information content (AvgIpc) is 2.73. The maximum absolute atomic E-state index is 4.58. The van der Waals surface area contributed by atoms with Crippen LogP contribution in [-0.4, -0.2) is 17.0 Å². The second kappa shape index (κ2) is 6.28. The van der Waals surface area contributed by atoms with Crippen molar-refractivity contribution in [3.8, 4) is 0 Å². The third-order valence-corrected chi connectivity index (χ3v) is 4.15. The summed E-state index contributed by atoms with van der Waals surface area (Å²) in [5.74, 6) is 0.758. The van der Waals surface area contributed by atoms with Crippen LogP contribution in [0.2, 0.25) is 0 Å². The Kier molecular flexibility index (Phi) is 4.70. The Balaban J connectivity index is 1.78. The van der Waals surface area contributed by atoms with E-state index < -0.39 is 0 Å². The van der Waals surface area contributed by atoms with Crippen molar-refractivity contribution in [2.24, 2.45) is 10.9 Å². The lowest BCUT2D eigenvalue weighted by molar-refractivity contribution is 0.575. The predicted octanol–water partition coefficient (Wildman–Crippen LogP) is 3.60. The number of benzene rings is 1. The molecule has 1 aromatic rings. The quantitative estimate of drug-likeness (QED) is 0.896. The molecule has 18 heavy (non-hydrogen) atoms. The lowest BCUT2D eigenvalue weighted by Crippen LogP contribution is -2.19. The molecule has 0 saturated heterocycles. The highest BCUT2D eigenvalue weighted by molar-refractivity contribution is 8.14. The molecule has 1 unspecified atom stereocenters. The zero-order chi connectivity index (χ0) is 13.0. The first-order valence-corrected chi connectivity index (χ1v) is 7.52. The van der Waals surface area contributed by atoms with Crippen molar-refractivity contribution in [1.29, 1.82) is 0 Å². The number of hydrogen-bond acceptors (Lipinski definition) is 3. The second-order valence-corrected chi connectivity index (χ2v) is 6.65. The van der Waals surface area contributed by atoms with Crippen LogP contribution < -0.4 is 5.32 Å². The zero-order valence-electron chi connectivity index (χ0n) is 11.4. The molecule has 3 heteroatoms. The fourth-order valence-electron chi connectivity index (χ4n) is 2.16. The van der Waals surface area contributed by atoms with Gasteiger partial charge in [0.15, 0.2) is 5.17 Å². The Bertz CT molecular complexity index is 426. The molecular weight excluding hydrogens is 240 g/mol. The van der Waals surface area contributed by atoms with E-state index in [4.69, 9.17) is 0 Å². The van der Waals surface area contributed by atoms with E-state index in [-0.39, 0.29) is 0 Å². The minimum absolute atomic E-state index is 0.671. The van der Waals surface area contributed by atoms with Crippen LogP contribution in [0.25, 0.3) is 0 Å². The largest absolute Gasteiger partial charge is 0.361 e. The molecule has 1 aliphatic heterocycles. The molecule has 1 N–H and O–H groups in total. The molecule has 2 nitrogen and oxygen atoms in total. The summed E-state index contributed by atoms with van der Waals surface area (Å²) in [6.45, 7) is 8.53. The molecule has 1 heterocycles. The SMILES string of the molecule is Cc1cccc(CNC2=NCC(CC(C)C)S2)c1. The molecule has 0 radical (unpaired) electrons. The number of nitrogens with one attached hydrogen (secondary N) is 1. The van der Waals surface area contributed by atoms with Crippen LogP contribution in [0, 0.1) is 12.8 Å². The highest BCUT2D eigenvalue weighted by atomic mass is 32.2. The maximum atomic E-state index is 4.58. The molecule has 0 amide bonds. The average molecular weight is 262 g/mol. The van der Waals surface area contributed by atoms with Gasteiger partial charge >= 0.3 is 0 Å². The van der Waals surface area contributed by atoms with E-state index in [0.717, 1.165) is 24.2 Å². The van der Waals surface area contributed by atoms with Gasteiger partial charge in [0, 0.05) is 11.8 Å². The number of nitrogens with zero attached hydrogens (tertiary/aromatic N) is 1. The summed E-state index contributed by atoms with van der Waals surface area (Å²) >= 11 is 1.90. The Hall–Kier alpha value is -0.960. The minimum atomic E-state index is 0.671. The molecule has 0 aliphatic carbocycles. The van der Waals surface area contributed by atoms with E-state index in [1.807, 2.05) is 11.8 Å². The van der Waals surface area contributed by atoms with Gasteiger partial charge in [-0.2, -0.15) is 0 Å². The van der Waals surface area contributed by atoms with E-state index in [1.165, 1.54) is 17.5 Å². The van der Waals surface area contributed by atoms with Gasteiger partial charge in [-0.15, -0.1) is 0 Å². The van der Waals surface area contributed by atoms with Gasteiger partial charge in [0.05, 0.1) is 6.54 Å². The number of amidine groups is 1. The minimum Gasteiger partial charge on any atom is -0.361 e. The molecule has 0 bridgehead atoms. The molecule has 0 fully saturated rings. The van der Waals surface area contributed by atoms with E-state index in [9.17, 15) is 0 Å². The van der Waals surface area contributed by atoms with Gasteiger partial charge in [-0.05, 0) is 24.8 Å². The van der Waals surface area contributed by atoms with E-state index in [1.54, 1.807) is 0 Å². The van der Waals surface area contributed by atoms with Gasteiger partial charge in [0.1, 0.15) is 0 Å². The molecule has 98 valence electrons. The van der Waals surface area contributed by atoms with Crippen molar-refractivity contribution in [1.82, 2.24) is 5.32 Å². The Morgan fingerprint density at radius 3 is 3.00 bits per heavy atom. The van der Waals surface area contributed by atoms with Gasteiger partial charge in [-0.3, -0.25) is 4.99 Å². The van der Waals surface area contributed by atoms with Crippen LogP contribution in [0.5, 0.6) is 0 Å². The molecule has 1 aliphatic rings. The summed E-state index contributed by atoms with van der Waals surface area (Å²) in [5.41, 5.74) is 2.64. The van der Waals surface area contributed by atoms with Crippen molar-refractivity contribution >= 4 is 16.9 Å². The van der Waals surface area contributed by atoms with Crippen LogP contribution in [0.3, 0.4) is 0 Å². The highest BCUT2D eigenvalue weighted by Crippen LogP contribution is 2.25. The van der Waals surface area contributed by atoms with Crippen LogP contribution in [0.4, 0.5) is 0 Å². The Labute approximate surface area is 114 Å². The smallest absolute Gasteiger partial charge is 0.157 e. The topological polar surface area (TPSA) is 24.4 Å². The molecule has 0 aromatic heterocycles. The van der Waals surface area contributed by atoms with Crippen LogP contribution in [0.1, 0.15) is 31.4 Å². The third kappa shape index (κ3) is 4.05. The third-order valence-electron chi connectivity index (χ3n) is 2.98. The summed E-state index contributed by atoms with van der Waals surface area (Å²) in [7, 11) is 0. The standard InChI is InChI=1S/C15H22N2S/c1-11(2)7-14-10-17-15(18-14)16-9-13-6-4-5-12(3)8-13/h4-6,8,11,14H,7,9-10H2,1-3H3,(H,16,17). The first-order valence-electron chi connectivity index (χ1n) is 6.64. The lowest BCUT2D eigenvalue weighted by atomic mass is 10.1. The van der Waals surface area contributed by atoms with Crippen molar-refractivity contribution in [2.45, 2.75) is 39.0 Å². The maximum Gasteiger partial charge on any atom is 0.157 e. The molecule has 2 rings (SSSR count). The first-order chi connectivity index (χ1) is 8.63. The summed E-state index contributed by atoms with van der Waals surface area (Å²) < 4.78 is 0. The van der Waals surface area contributed by atoms with Gasteiger partial charge in [0.2, 0.25) is 0 Å². The molecule has 0 spiro atoms. The van der Waals surface area contributed by atoms with Crippen LogP contribution in [-0.2, 0) is 6.54 Å². The van der Waals surface area contributed by atoms with Crippen LogP contribution in [0.15, 0.2) is 29.3 Å². The highest BCUT2D eigenvalue weighted by Gasteiger charge is 2.20. The Morgan fingerprint density at radius 2 is 2.28 bits per heavy atom. The summed E-state index contributed by atoms with van der Waals surface area (Å²) in [6.07, 6.45) is 1.25. The normalized spacial score (nSPS) is 19.1. The second-order valence-electron chi connectivity index (χ2n) is 5.36. The number of rotatable bonds is 4. The fourth-order valence-corrected chi connectivity index (χ4v) is 3.41. The Morgan fingerprint density at radius 1 is 1.44 bits per heavy atom. The number of aliphatic imine (C=N–C) groups is 1. The first kappa shape index (κ1) is 13.5. The van der Waals surface area contributed by atoms with Crippen molar-refractivity contribution < 1.29 is 0 Å². The van der Waals surface area contributed by atoms with Gasteiger partial charge in [0.25, 0.3) is 0 Å².